The van der Waals surface area contributed by atoms with E-state index in [9.17, 15) is 9.50 Å². The van der Waals surface area contributed by atoms with Crippen LogP contribution in [0.2, 0.25) is 0 Å². The predicted octanol–water partition coefficient (Wildman–Crippen LogP) is 4.38. The van der Waals surface area contributed by atoms with Crippen molar-refractivity contribution in [3.8, 4) is 17.3 Å². The number of benzene rings is 2. The maximum atomic E-state index is 13.5. The van der Waals surface area contributed by atoms with E-state index in [2.05, 4.69) is 11.5 Å². The number of hydrogen-bond acceptors (Lipinski definition) is 6. The molecule has 0 aliphatic heterocycles. The second-order valence-corrected chi connectivity index (χ2v) is 8.10. The van der Waals surface area contributed by atoms with Crippen LogP contribution in [0.3, 0.4) is 0 Å². The average Bonchev–Trinajstić information content (AvgIpc) is 3.21. The Kier molecular flexibility index (Phi) is 10.4. The van der Waals surface area contributed by atoms with Crippen molar-refractivity contribution in [2.45, 2.75) is 26.0 Å². The first-order valence-corrected chi connectivity index (χ1v) is 11.7. The molecule has 0 bridgehead atoms. The molecule has 1 unspecified atom stereocenters. The highest BCUT2D eigenvalue weighted by molar-refractivity contribution is 5.43. The van der Waals surface area contributed by atoms with Gasteiger partial charge in [0.2, 0.25) is 5.88 Å². The fourth-order valence-electron chi connectivity index (χ4n) is 3.70. The molecule has 1 N–H and O–H groups in total. The fourth-order valence-corrected chi connectivity index (χ4v) is 3.70. The average molecular weight is 484 g/mol. The summed E-state index contributed by atoms with van der Waals surface area (Å²) < 4.78 is 32.3. The van der Waals surface area contributed by atoms with Crippen molar-refractivity contribution < 1.29 is 23.7 Å². The minimum atomic E-state index is -0.678. The van der Waals surface area contributed by atoms with Crippen molar-refractivity contribution in [3.63, 3.8) is 0 Å². The van der Waals surface area contributed by atoms with Gasteiger partial charge in [0, 0.05) is 26.7 Å². The summed E-state index contributed by atoms with van der Waals surface area (Å²) in [5, 5.41) is 15.4. The Morgan fingerprint density at radius 1 is 1.17 bits per heavy atom. The van der Waals surface area contributed by atoms with Crippen LogP contribution in [0.5, 0.6) is 11.6 Å². The highest BCUT2D eigenvalue weighted by Crippen LogP contribution is 2.32. The monoisotopic (exact) mass is 483 g/mol. The Balaban J connectivity index is 1.96. The Morgan fingerprint density at radius 3 is 2.57 bits per heavy atom. The molecule has 1 atom stereocenters. The first-order chi connectivity index (χ1) is 17.0. The van der Waals surface area contributed by atoms with Gasteiger partial charge in [0.1, 0.15) is 11.6 Å². The molecular formula is C27H34FN3O4. The van der Waals surface area contributed by atoms with Crippen LogP contribution in [0.25, 0.3) is 5.69 Å². The molecule has 1 aromatic heterocycles. The van der Waals surface area contributed by atoms with Gasteiger partial charge in [-0.1, -0.05) is 31.2 Å². The number of aliphatic hydroxyl groups excluding tert-OH is 1. The Hall–Kier alpha value is -3.04. The molecule has 1 heterocycles. The third-order valence-electron chi connectivity index (χ3n) is 5.39. The van der Waals surface area contributed by atoms with Crippen LogP contribution in [0, 0.1) is 5.82 Å². The molecule has 7 nitrogen and oxygen atoms in total. The van der Waals surface area contributed by atoms with E-state index in [4.69, 9.17) is 19.3 Å². The maximum absolute atomic E-state index is 13.5. The summed E-state index contributed by atoms with van der Waals surface area (Å²) in [6.45, 7) is 8.23. The maximum Gasteiger partial charge on any atom is 0.227 e. The third kappa shape index (κ3) is 7.73. The van der Waals surface area contributed by atoms with Crippen molar-refractivity contribution in [3.05, 3.63) is 84.3 Å². The normalized spacial score (nSPS) is 12.1. The van der Waals surface area contributed by atoms with Gasteiger partial charge < -0.3 is 19.3 Å². The summed E-state index contributed by atoms with van der Waals surface area (Å²) in [6, 6.07) is 15.6. The summed E-state index contributed by atoms with van der Waals surface area (Å²) in [4.78, 5) is 2.09. The summed E-state index contributed by atoms with van der Waals surface area (Å²) in [6.07, 6.45) is 1.67. The van der Waals surface area contributed by atoms with Crippen LogP contribution in [-0.2, 0) is 22.4 Å². The lowest BCUT2D eigenvalue weighted by molar-refractivity contribution is 0.0192. The van der Waals surface area contributed by atoms with Gasteiger partial charge in [-0.15, -0.1) is 6.58 Å². The van der Waals surface area contributed by atoms with E-state index in [-0.39, 0.29) is 12.4 Å². The number of aliphatic hydroxyl groups is 1. The zero-order valence-corrected chi connectivity index (χ0v) is 20.4. The molecule has 3 rings (SSSR count). The number of rotatable bonds is 15. The Bertz CT molecular complexity index is 1040. The molecule has 2 aromatic carbocycles. The van der Waals surface area contributed by atoms with Gasteiger partial charge in [-0.2, -0.15) is 5.10 Å². The van der Waals surface area contributed by atoms with Crippen molar-refractivity contribution in [2.24, 2.45) is 0 Å². The molecule has 8 heteroatoms. The van der Waals surface area contributed by atoms with Crippen LogP contribution in [0.4, 0.5) is 4.39 Å². The Morgan fingerprint density at radius 2 is 1.91 bits per heavy atom. The summed E-state index contributed by atoms with van der Waals surface area (Å²) >= 11 is 0. The number of ether oxygens (including phenoxy) is 3. The molecule has 188 valence electrons. The van der Waals surface area contributed by atoms with Crippen LogP contribution < -0.4 is 4.74 Å². The first-order valence-electron chi connectivity index (χ1n) is 11.7. The predicted molar refractivity (Wildman–Crippen MR) is 134 cm³/mol. The number of para-hydroxylation sites is 1. The molecule has 0 aliphatic rings. The van der Waals surface area contributed by atoms with E-state index in [1.54, 1.807) is 30.0 Å². The minimum absolute atomic E-state index is 0.207. The van der Waals surface area contributed by atoms with Crippen LogP contribution in [-0.4, -0.2) is 65.9 Å². The largest absolute Gasteiger partial charge is 0.439 e. The summed E-state index contributed by atoms with van der Waals surface area (Å²) in [5.74, 6) is 0.731. The van der Waals surface area contributed by atoms with Gasteiger partial charge in [0.15, 0.2) is 0 Å². The second kappa shape index (κ2) is 13.7. The van der Waals surface area contributed by atoms with Crippen LogP contribution >= 0.6 is 0 Å². The number of aryl methyl sites for hydroxylation is 1. The zero-order chi connectivity index (χ0) is 25.0. The molecule has 0 spiro atoms. The molecular weight excluding hydrogens is 449 g/mol. The van der Waals surface area contributed by atoms with E-state index in [1.165, 1.54) is 12.1 Å². The van der Waals surface area contributed by atoms with Gasteiger partial charge >= 0.3 is 0 Å². The Labute approximate surface area is 206 Å². The smallest absolute Gasteiger partial charge is 0.227 e. The fraction of sp³-hybridized carbons (Fsp3) is 0.370. The molecule has 0 radical (unpaired) electrons. The number of hydrogen-bond donors (Lipinski definition) is 1. The van der Waals surface area contributed by atoms with E-state index >= 15 is 0 Å². The van der Waals surface area contributed by atoms with Crippen molar-refractivity contribution in [2.75, 3.05) is 40.0 Å². The molecule has 0 aliphatic carbocycles. The summed E-state index contributed by atoms with van der Waals surface area (Å²) in [5.41, 5.74) is 2.63. The standard InChI is InChI=1S/C27H34FN3O4/c1-4-16-34-20-23(32)18-30(15-17-33-3)19-25-26(5-2)29-31(22-9-7-6-8-10-22)27(25)35-24-13-11-21(28)12-14-24/h4,6-14,23,32H,1,5,15-20H2,2-3H3. The van der Waals surface area contributed by atoms with Crippen molar-refractivity contribution in [1.29, 1.82) is 0 Å². The highest BCUT2D eigenvalue weighted by atomic mass is 19.1. The molecule has 35 heavy (non-hydrogen) atoms. The van der Waals surface area contributed by atoms with E-state index in [1.807, 2.05) is 37.3 Å². The first kappa shape index (κ1) is 26.6. The van der Waals surface area contributed by atoms with Crippen molar-refractivity contribution >= 4 is 0 Å². The molecule has 0 fully saturated rings. The highest BCUT2D eigenvalue weighted by Gasteiger charge is 2.23. The van der Waals surface area contributed by atoms with E-state index < -0.39 is 6.10 Å². The number of aromatic nitrogens is 2. The molecule has 0 saturated carbocycles. The van der Waals surface area contributed by atoms with E-state index in [0.717, 1.165) is 16.9 Å². The molecule has 0 saturated heterocycles. The summed E-state index contributed by atoms with van der Waals surface area (Å²) in [7, 11) is 1.65. The van der Waals surface area contributed by atoms with Gasteiger partial charge in [0.25, 0.3) is 0 Å². The number of nitrogens with zero attached hydrogens (tertiary/aromatic N) is 3. The second-order valence-electron chi connectivity index (χ2n) is 8.10. The van der Waals surface area contributed by atoms with Gasteiger partial charge in [-0.05, 0) is 42.8 Å². The van der Waals surface area contributed by atoms with Crippen LogP contribution in [0.1, 0.15) is 18.2 Å². The minimum Gasteiger partial charge on any atom is -0.439 e. The van der Waals surface area contributed by atoms with Crippen molar-refractivity contribution in [1.82, 2.24) is 14.7 Å². The number of methoxy groups -OCH3 is 1. The third-order valence-corrected chi connectivity index (χ3v) is 5.39. The lowest BCUT2D eigenvalue weighted by atomic mass is 10.1. The van der Waals surface area contributed by atoms with Crippen LogP contribution in [0.15, 0.2) is 67.3 Å². The molecule has 0 amide bonds. The van der Waals surface area contributed by atoms with Gasteiger partial charge in [-0.25, -0.2) is 9.07 Å². The lowest BCUT2D eigenvalue weighted by Gasteiger charge is -2.25. The van der Waals surface area contributed by atoms with Gasteiger partial charge in [-0.3, -0.25) is 4.90 Å². The zero-order valence-electron chi connectivity index (χ0n) is 20.4. The SMILES string of the molecule is C=CCOCC(O)CN(CCOC)Cc1c(CC)nn(-c2ccccc2)c1Oc1ccc(F)cc1. The topological polar surface area (TPSA) is 69.0 Å². The van der Waals surface area contributed by atoms with E-state index in [0.29, 0.717) is 50.9 Å². The lowest BCUT2D eigenvalue weighted by Crippen LogP contribution is -2.36. The van der Waals surface area contributed by atoms with Gasteiger partial charge in [0.05, 0.1) is 42.9 Å². The molecule has 3 aromatic rings. The number of halogens is 1. The quantitative estimate of drug-likeness (QED) is 0.256.